The summed E-state index contributed by atoms with van der Waals surface area (Å²) < 4.78 is 43.2. The molecule has 176 valence electrons. The Hall–Kier alpha value is -4.26. The molecule has 0 fully saturated rings. The number of thiazole rings is 1. The van der Waals surface area contributed by atoms with Crippen LogP contribution in [-0.2, 0) is 11.0 Å². The average molecular weight is 519 g/mol. The zero-order valence-corrected chi connectivity index (χ0v) is 18.6. The molecule has 10 nitrogen and oxygen atoms in total. The van der Waals surface area contributed by atoms with Crippen molar-refractivity contribution in [3.05, 3.63) is 69.7 Å². The molecule has 15 heteroatoms. The molecule has 35 heavy (non-hydrogen) atoms. The van der Waals surface area contributed by atoms with Crippen LogP contribution in [0.5, 0.6) is 0 Å². The van der Waals surface area contributed by atoms with E-state index in [1.54, 1.807) is 12.0 Å². The number of nitrogens with zero attached hydrogens (tertiary/aromatic N) is 6. The Kier molecular flexibility index (Phi) is 5.47. The van der Waals surface area contributed by atoms with Gasteiger partial charge in [0.25, 0.3) is 5.91 Å². The van der Waals surface area contributed by atoms with Crippen molar-refractivity contribution in [1.82, 2.24) is 35.1 Å². The summed E-state index contributed by atoms with van der Waals surface area (Å²) >= 11 is 6.94. The molecule has 0 spiro atoms. The highest BCUT2D eigenvalue weighted by atomic mass is 35.5. The maximum absolute atomic E-state index is 14.2. The van der Waals surface area contributed by atoms with E-state index in [0.29, 0.717) is 15.8 Å². The number of hydrogen-bond donors (Lipinski definition) is 2. The zero-order valence-electron chi connectivity index (χ0n) is 17.0. The van der Waals surface area contributed by atoms with E-state index in [2.05, 4.69) is 30.9 Å². The second-order valence-corrected chi connectivity index (χ2v) is 8.50. The molecule has 1 aliphatic rings. The predicted molar refractivity (Wildman–Crippen MR) is 120 cm³/mol. The quantitative estimate of drug-likeness (QED) is 0.396. The number of amides is 1. The first-order valence-corrected chi connectivity index (χ1v) is 10.8. The number of carbonyl (C=O) groups is 1. The van der Waals surface area contributed by atoms with Crippen molar-refractivity contribution in [2.75, 3.05) is 5.32 Å². The van der Waals surface area contributed by atoms with Crippen LogP contribution >= 0.6 is 22.9 Å². The number of rotatable bonds is 4. The molecule has 2 N–H and O–H groups in total. The molecule has 4 heterocycles. The standard InChI is InChI=1S/C20H10ClF3N8O2S/c21-16-17(32-26-6-7-27-32)29-19(35-16)30-18(34)12-8-28-31(15(12)20(22,23)24)14-3-1-2-10-11(14)4-5-25-13(10)9-33/h1-8,25H,(H,29,30,34). The number of aromatic nitrogens is 6. The second kappa shape index (κ2) is 8.51. The lowest BCUT2D eigenvalue weighted by Crippen LogP contribution is -2.21. The number of halogens is 4. The first-order chi connectivity index (χ1) is 16.8. The predicted octanol–water partition coefficient (Wildman–Crippen LogP) is 3.58. The third-order valence-electron chi connectivity index (χ3n) is 4.84. The Bertz CT molecular complexity index is 1530. The van der Waals surface area contributed by atoms with Crippen molar-refractivity contribution < 1.29 is 22.8 Å². The van der Waals surface area contributed by atoms with Crippen LogP contribution in [0, 0.1) is 0 Å². The minimum absolute atomic E-state index is 0.0173. The molecule has 1 aliphatic heterocycles. The van der Waals surface area contributed by atoms with Crippen LogP contribution < -0.4 is 10.6 Å². The van der Waals surface area contributed by atoms with E-state index in [9.17, 15) is 22.8 Å². The highest BCUT2D eigenvalue weighted by Gasteiger charge is 2.41. The van der Waals surface area contributed by atoms with E-state index in [1.807, 2.05) is 0 Å². The maximum Gasteiger partial charge on any atom is 0.434 e. The highest BCUT2D eigenvalue weighted by Crippen LogP contribution is 2.37. The minimum Gasteiger partial charge on any atom is -0.352 e. The lowest BCUT2D eigenvalue weighted by Gasteiger charge is -2.19. The highest BCUT2D eigenvalue weighted by molar-refractivity contribution is 7.20. The molecule has 0 saturated carbocycles. The van der Waals surface area contributed by atoms with E-state index in [4.69, 9.17) is 11.6 Å². The summed E-state index contributed by atoms with van der Waals surface area (Å²) in [6.45, 7) is 0. The number of nitrogens with one attached hydrogen (secondary N) is 2. The summed E-state index contributed by atoms with van der Waals surface area (Å²) in [4.78, 5) is 29.3. The minimum atomic E-state index is -4.95. The molecule has 4 aromatic rings. The van der Waals surface area contributed by atoms with Crippen molar-refractivity contribution in [3.63, 3.8) is 0 Å². The van der Waals surface area contributed by atoms with Crippen LogP contribution in [0.15, 0.2) is 43.0 Å². The van der Waals surface area contributed by atoms with Crippen LogP contribution in [0.25, 0.3) is 23.3 Å². The van der Waals surface area contributed by atoms with Crippen LogP contribution in [-0.4, -0.2) is 41.6 Å². The molecular formula is C20H10ClF3N8O2S. The molecule has 1 amide bonds. The van der Waals surface area contributed by atoms with Gasteiger partial charge in [-0.05, 0) is 12.1 Å². The van der Waals surface area contributed by atoms with E-state index in [1.165, 1.54) is 36.8 Å². The zero-order chi connectivity index (χ0) is 24.7. The van der Waals surface area contributed by atoms with Gasteiger partial charge in [0.15, 0.2) is 16.8 Å². The van der Waals surface area contributed by atoms with Gasteiger partial charge in [-0.1, -0.05) is 35.1 Å². The Labute approximate surface area is 202 Å². The largest absolute Gasteiger partial charge is 0.434 e. The lowest BCUT2D eigenvalue weighted by atomic mass is 10.0. The summed E-state index contributed by atoms with van der Waals surface area (Å²) in [6, 6.07) is 4.42. The third kappa shape index (κ3) is 3.99. The number of benzene rings is 1. The molecule has 0 bridgehead atoms. The van der Waals surface area contributed by atoms with Crippen molar-refractivity contribution in [1.29, 1.82) is 0 Å². The first kappa shape index (κ1) is 22.5. The van der Waals surface area contributed by atoms with Crippen LogP contribution in [0.2, 0.25) is 4.34 Å². The van der Waals surface area contributed by atoms with Gasteiger partial charge in [-0.2, -0.15) is 33.5 Å². The SMILES string of the molecule is O=C=C1NC=Cc2c1cccc2-n1ncc(C(=O)Nc2nc(-n3nccn3)c(Cl)s2)c1C(F)(F)F. The maximum atomic E-state index is 14.2. The summed E-state index contributed by atoms with van der Waals surface area (Å²) in [5, 5.41) is 16.6. The monoisotopic (exact) mass is 518 g/mol. The summed E-state index contributed by atoms with van der Waals surface area (Å²) in [6.07, 6.45) is 1.53. The second-order valence-electron chi connectivity index (χ2n) is 6.90. The van der Waals surface area contributed by atoms with Crippen molar-refractivity contribution in [2.45, 2.75) is 6.18 Å². The van der Waals surface area contributed by atoms with Gasteiger partial charge in [0.2, 0.25) is 5.82 Å². The lowest BCUT2D eigenvalue weighted by molar-refractivity contribution is -0.143. The van der Waals surface area contributed by atoms with Gasteiger partial charge in [0.1, 0.15) is 10.0 Å². The normalized spacial score (nSPS) is 12.7. The van der Waals surface area contributed by atoms with Crippen molar-refractivity contribution in [3.8, 4) is 11.5 Å². The Balaban J connectivity index is 1.56. The van der Waals surface area contributed by atoms with Gasteiger partial charge < -0.3 is 5.32 Å². The first-order valence-electron chi connectivity index (χ1n) is 9.59. The molecule has 0 aliphatic carbocycles. The fourth-order valence-electron chi connectivity index (χ4n) is 3.43. The summed E-state index contributed by atoms with van der Waals surface area (Å²) in [7, 11) is 0. The number of carbonyl (C=O) groups excluding carboxylic acids is 2. The molecular weight excluding hydrogens is 509 g/mol. The summed E-state index contributed by atoms with van der Waals surface area (Å²) in [5.41, 5.74) is -1.32. The number of anilines is 1. The van der Waals surface area contributed by atoms with Gasteiger partial charge in [-0.3, -0.25) is 10.1 Å². The Morgan fingerprint density at radius 2 is 1.97 bits per heavy atom. The van der Waals surface area contributed by atoms with Gasteiger partial charge in [0.05, 0.1) is 29.8 Å². The molecule has 5 rings (SSSR count). The Morgan fingerprint density at radius 1 is 1.20 bits per heavy atom. The molecule has 3 aromatic heterocycles. The fraction of sp³-hybridized carbons (Fsp3) is 0.0500. The van der Waals surface area contributed by atoms with E-state index in [-0.39, 0.29) is 26.7 Å². The van der Waals surface area contributed by atoms with Gasteiger partial charge in [-0.15, -0.1) is 4.80 Å². The smallest absolute Gasteiger partial charge is 0.352 e. The van der Waals surface area contributed by atoms with E-state index >= 15 is 0 Å². The van der Waals surface area contributed by atoms with Crippen molar-refractivity contribution >= 4 is 51.7 Å². The van der Waals surface area contributed by atoms with Crippen molar-refractivity contribution in [2.24, 2.45) is 0 Å². The summed E-state index contributed by atoms with van der Waals surface area (Å²) in [5.74, 6) is 0.729. The third-order valence-corrected chi connectivity index (χ3v) is 5.99. The van der Waals surface area contributed by atoms with E-state index in [0.717, 1.165) is 22.3 Å². The van der Waals surface area contributed by atoms with Crippen LogP contribution in [0.1, 0.15) is 27.2 Å². The fourth-order valence-corrected chi connectivity index (χ4v) is 4.43. The van der Waals surface area contributed by atoms with Crippen LogP contribution in [0.4, 0.5) is 18.3 Å². The Morgan fingerprint density at radius 3 is 2.69 bits per heavy atom. The molecule has 0 unspecified atom stereocenters. The van der Waals surface area contributed by atoms with Gasteiger partial charge in [-0.25, -0.2) is 9.48 Å². The topological polar surface area (TPSA) is 120 Å². The molecule has 0 atom stereocenters. The van der Waals surface area contributed by atoms with Gasteiger partial charge >= 0.3 is 6.18 Å². The number of fused-ring (bicyclic) bond motifs is 1. The van der Waals surface area contributed by atoms with E-state index < -0.39 is 23.3 Å². The molecule has 0 radical (unpaired) electrons. The molecule has 0 saturated heterocycles. The number of hydrogen-bond acceptors (Lipinski definition) is 8. The van der Waals surface area contributed by atoms with Gasteiger partial charge in [0, 0.05) is 17.3 Å². The average Bonchev–Trinajstić information content (AvgIpc) is 3.57. The molecule has 1 aromatic carbocycles. The van der Waals surface area contributed by atoms with Crippen LogP contribution in [0.3, 0.4) is 0 Å². The number of alkyl halides is 3.